The lowest BCUT2D eigenvalue weighted by molar-refractivity contribution is -0.136. The van der Waals surface area contributed by atoms with Crippen molar-refractivity contribution in [1.82, 2.24) is 0 Å². The lowest BCUT2D eigenvalue weighted by atomic mass is 10.2. The Hall–Kier alpha value is -1.09. The summed E-state index contributed by atoms with van der Waals surface area (Å²) < 4.78 is 0. The molecule has 12 heavy (non-hydrogen) atoms. The molecule has 0 aliphatic heterocycles. The fraction of sp³-hybridized carbons (Fsp3) is 0.222. The first-order valence-electron chi connectivity index (χ1n) is 3.69. The fourth-order valence-electron chi connectivity index (χ4n) is 0.796. The van der Waals surface area contributed by atoms with Gasteiger partial charge in [0.15, 0.2) is 0 Å². The fourth-order valence-corrected chi connectivity index (χ4v) is 1.42. The van der Waals surface area contributed by atoms with Crippen LogP contribution >= 0.6 is 11.3 Å². The summed E-state index contributed by atoms with van der Waals surface area (Å²) >= 11 is 1.64. The Balaban J connectivity index is 2.27. The SMILES string of the molecule is O=C(O)CC/C=C/c1ccsc1. The zero-order chi connectivity index (χ0) is 8.81. The number of allylic oxidation sites excluding steroid dienone is 1. The maximum atomic E-state index is 10.1. The first kappa shape index (κ1) is 9.00. The lowest BCUT2D eigenvalue weighted by Gasteiger charge is -1.86. The molecule has 1 N–H and O–H groups in total. The third-order valence-electron chi connectivity index (χ3n) is 1.38. The molecule has 1 heterocycles. The summed E-state index contributed by atoms with van der Waals surface area (Å²) in [5.41, 5.74) is 1.14. The molecule has 3 heteroatoms. The highest BCUT2D eigenvalue weighted by Gasteiger charge is 1.91. The molecule has 0 saturated carbocycles. The monoisotopic (exact) mass is 182 g/mol. The van der Waals surface area contributed by atoms with Crippen molar-refractivity contribution in [2.75, 3.05) is 0 Å². The summed E-state index contributed by atoms with van der Waals surface area (Å²) in [4.78, 5) is 10.1. The Morgan fingerprint density at radius 1 is 1.67 bits per heavy atom. The molecule has 0 amide bonds. The van der Waals surface area contributed by atoms with Gasteiger partial charge in [0.1, 0.15) is 0 Å². The molecule has 0 bridgehead atoms. The molecule has 1 aromatic rings. The van der Waals surface area contributed by atoms with Crippen LogP contribution < -0.4 is 0 Å². The number of carboxylic acids is 1. The number of carboxylic acid groups (broad SMARTS) is 1. The van der Waals surface area contributed by atoms with E-state index in [-0.39, 0.29) is 6.42 Å². The van der Waals surface area contributed by atoms with Gasteiger partial charge in [-0.2, -0.15) is 11.3 Å². The van der Waals surface area contributed by atoms with Gasteiger partial charge in [0.25, 0.3) is 0 Å². The van der Waals surface area contributed by atoms with Crippen LogP contribution in [0.4, 0.5) is 0 Å². The molecule has 0 saturated heterocycles. The van der Waals surface area contributed by atoms with Crippen LogP contribution in [-0.4, -0.2) is 11.1 Å². The first-order valence-corrected chi connectivity index (χ1v) is 4.64. The van der Waals surface area contributed by atoms with Gasteiger partial charge in [-0.05, 0) is 28.8 Å². The standard InChI is InChI=1S/C9H10O2S/c10-9(11)4-2-1-3-8-5-6-12-7-8/h1,3,5-7H,2,4H2,(H,10,11)/b3-1+. The van der Waals surface area contributed by atoms with Crippen molar-refractivity contribution < 1.29 is 9.90 Å². The third-order valence-corrected chi connectivity index (χ3v) is 2.08. The van der Waals surface area contributed by atoms with Crippen molar-refractivity contribution in [3.63, 3.8) is 0 Å². The van der Waals surface area contributed by atoms with E-state index in [0.29, 0.717) is 6.42 Å². The molecule has 1 rings (SSSR count). The number of hydrogen-bond donors (Lipinski definition) is 1. The normalized spacial score (nSPS) is 10.7. The molecule has 0 aliphatic rings. The molecular formula is C9H10O2S. The molecule has 0 aliphatic carbocycles. The molecule has 0 fully saturated rings. The maximum absolute atomic E-state index is 10.1. The zero-order valence-electron chi connectivity index (χ0n) is 6.56. The van der Waals surface area contributed by atoms with E-state index in [1.165, 1.54) is 0 Å². The van der Waals surface area contributed by atoms with Crippen LogP contribution in [0.2, 0.25) is 0 Å². The topological polar surface area (TPSA) is 37.3 Å². The van der Waals surface area contributed by atoms with Crippen LogP contribution in [0.25, 0.3) is 6.08 Å². The Labute approximate surface area is 75.2 Å². The Morgan fingerprint density at radius 2 is 2.50 bits per heavy atom. The average Bonchev–Trinajstić information content (AvgIpc) is 2.49. The van der Waals surface area contributed by atoms with Crippen molar-refractivity contribution in [2.24, 2.45) is 0 Å². The van der Waals surface area contributed by atoms with Gasteiger partial charge in [0, 0.05) is 6.42 Å². The van der Waals surface area contributed by atoms with Crippen molar-refractivity contribution in [1.29, 1.82) is 0 Å². The Morgan fingerprint density at radius 3 is 3.08 bits per heavy atom. The molecule has 0 aromatic carbocycles. The van der Waals surface area contributed by atoms with Crippen LogP contribution in [0.15, 0.2) is 22.9 Å². The third kappa shape index (κ3) is 3.34. The minimum atomic E-state index is -0.745. The molecule has 0 spiro atoms. The Kier molecular flexibility index (Phi) is 3.54. The zero-order valence-corrected chi connectivity index (χ0v) is 7.38. The van der Waals surface area contributed by atoms with Crippen LogP contribution in [-0.2, 0) is 4.79 Å². The summed E-state index contributed by atoms with van der Waals surface area (Å²) in [5.74, 6) is -0.745. The molecule has 64 valence electrons. The minimum absolute atomic E-state index is 0.209. The van der Waals surface area contributed by atoms with Gasteiger partial charge in [-0.25, -0.2) is 0 Å². The predicted molar refractivity (Wildman–Crippen MR) is 50.2 cm³/mol. The summed E-state index contributed by atoms with van der Waals surface area (Å²) in [7, 11) is 0. The smallest absolute Gasteiger partial charge is 0.303 e. The molecule has 0 radical (unpaired) electrons. The second-order valence-electron chi connectivity index (χ2n) is 2.39. The largest absolute Gasteiger partial charge is 0.481 e. The highest BCUT2D eigenvalue weighted by Crippen LogP contribution is 2.08. The molecule has 0 unspecified atom stereocenters. The van der Waals surface area contributed by atoms with E-state index in [2.05, 4.69) is 0 Å². The van der Waals surface area contributed by atoms with Crippen molar-refractivity contribution in [3.05, 3.63) is 28.5 Å². The van der Waals surface area contributed by atoms with Crippen LogP contribution in [0.1, 0.15) is 18.4 Å². The number of carbonyl (C=O) groups is 1. The van der Waals surface area contributed by atoms with Gasteiger partial charge < -0.3 is 5.11 Å². The van der Waals surface area contributed by atoms with Gasteiger partial charge in [0.2, 0.25) is 0 Å². The van der Waals surface area contributed by atoms with E-state index in [0.717, 1.165) is 5.56 Å². The first-order chi connectivity index (χ1) is 5.79. The second kappa shape index (κ2) is 4.72. The summed E-state index contributed by atoms with van der Waals surface area (Å²) in [5, 5.41) is 12.4. The van der Waals surface area contributed by atoms with Crippen molar-refractivity contribution in [2.45, 2.75) is 12.8 Å². The summed E-state index contributed by atoms with van der Waals surface area (Å²) in [6.45, 7) is 0. The van der Waals surface area contributed by atoms with E-state index in [9.17, 15) is 4.79 Å². The van der Waals surface area contributed by atoms with E-state index >= 15 is 0 Å². The average molecular weight is 182 g/mol. The number of rotatable bonds is 4. The van der Waals surface area contributed by atoms with Gasteiger partial charge in [-0.3, -0.25) is 4.79 Å². The Bertz CT molecular complexity index is 262. The second-order valence-corrected chi connectivity index (χ2v) is 3.17. The van der Waals surface area contributed by atoms with Crippen LogP contribution in [0, 0.1) is 0 Å². The van der Waals surface area contributed by atoms with Crippen LogP contribution in [0.3, 0.4) is 0 Å². The van der Waals surface area contributed by atoms with Gasteiger partial charge in [-0.1, -0.05) is 12.2 Å². The van der Waals surface area contributed by atoms with Crippen molar-refractivity contribution in [3.8, 4) is 0 Å². The highest BCUT2D eigenvalue weighted by atomic mass is 32.1. The number of aliphatic carboxylic acids is 1. The van der Waals surface area contributed by atoms with E-state index in [1.54, 1.807) is 11.3 Å². The molecular weight excluding hydrogens is 172 g/mol. The van der Waals surface area contributed by atoms with Crippen LogP contribution in [0.5, 0.6) is 0 Å². The predicted octanol–water partition coefficient (Wildman–Crippen LogP) is 2.63. The summed E-state index contributed by atoms with van der Waals surface area (Å²) in [6, 6.07) is 2.00. The van der Waals surface area contributed by atoms with E-state index in [4.69, 9.17) is 5.11 Å². The minimum Gasteiger partial charge on any atom is -0.481 e. The molecule has 1 aromatic heterocycles. The highest BCUT2D eigenvalue weighted by molar-refractivity contribution is 7.08. The quantitative estimate of drug-likeness (QED) is 0.777. The van der Waals surface area contributed by atoms with E-state index < -0.39 is 5.97 Å². The van der Waals surface area contributed by atoms with E-state index in [1.807, 2.05) is 29.0 Å². The number of thiophene rings is 1. The summed E-state index contributed by atoms with van der Waals surface area (Å²) in [6.07, 6.45) is 4.64. The molecule has 2 nitrogen and oxygen atoms in total. The van der Waals surface area contributed by atoms with Crippen molar-refractivity contribution >= 4 is 23.4 Å². The lowest BCUT2D eigenvalue weighted by Crippen LogP contribution is -1.91. The van der Waals surface area contributed by atoms with Gasteiger partial charge in [0.05, 0.1) is 0 Å². The maximum Gasteiger partial charge on any atom is 0.303 e. The number of hydrogen-bond acceptors (Lipinski definition) is 2. The van der Waals surface area contributed by atoms with Gasteiger partial charge in [-0.15, -0.1) is 0 Å². The van der Waals surface area contributed by atoms with Gasteiger partial charge >= 0.3 is 5.97 Å². The molecule has 0 atom stereocenters.